The SMILES string of the molecule is Cc1nc(C(=O)C2CCCCC2)nn2cccc12. The number of nitrogens with zero attached hydrogens (tertiary/aromatic N) is 3. The van der Waals surface area contributed by atoms with E-state index in [0.717, 1.165) is 36.9 Å². The Labute approximate surface area is 106 Å². The van der Waals surface area contributed by atoms with Gasteiger partial charge in [0.25, 0.3) is 0 Å². The minimum absolute atomic E-state index is 0.119. The summed E-state index contributed by atoms with van der Waals surface area (Å²) in [6.45, 7) is 1.93. The molecule has 0 amide bonds. The van der Waals surface area contributed by atoms with Crippen molar-refractivity contribution in [1.29, 1.82) is 0 Å². The molecule has 1 aliphatic rings. The van der Waals surface area contributed by atoms with Crippen LogP contribution in [0.3, 0.4) is 0 Å². The lowest BCUT2D eigenvalue weighted by Gasteiger charge is -2.19. The summed E-state index contributed by atoms with van der Waals surface area (Å²) in [4.78, 5) is 16.7. The Morgan fingerprint density at radius 2 is 2.11 bits per heavy atom. The molecule has 0 atom stereocenters. The largest absolute Gasteiger partial charge is 0.290 e. The molecule has 1 aliphatic carbocycles. The molecule has 0 radical (unpaired) electrons. The molecule has 94 valence electrons. The average Bonchev–Trinajstić information content (AvgIpc) is 2.88. The van der Waals surface area contributed by atoms with Gasteiger partial charge in [-0.05, 0) is 31.9 Å². The Bertz CT molecular complexity index is 582. The minimum atomic E-state index is 0.119. The van der Waals surface area contributed by atoms with Gasteiger partial charge in [-0.2, -0.15) is 0 Å². The first-order valence-electron chi connectivity index (χ1n) is 6.62. The maximum atomic E-state index is 12.4. The van der Waals surface area contributed by atoms with E-state index in [-0.39, 0.29) is 11.7 Å². The summed E-state index contributed by atoms with van der Waals surface area (Å²) in [6.07, 6.45) is 7.40. The highest BCUT2D eigenvalue weighted by Crippen LogP contribution is 2.26. The van der Waals surface area contributed by atoms with Crippen LogP contribution in [0.2, 0.25) is 0 Å². The van der Waals surface area contributed by atoms with Crippen molar-refractivity contribution in [3.63, 3.8) is 0 Å². The van der Waals surface area contributed by atoms with E-state index in [1.54, 1.807) is 4.52 Å². The van der Waals surface area contributed by atoms with Crippen molar-refractivity contribution < 1.29 is 4.79 Å². The van der Waals surface area contributed by atoms with Gasteiger partial charge in [-0.15, -0.1) is 5.10 Å². The van der Waals surface area contributed by atoms with Crippen LogP contribution >= 0.6 is 0 Å². The predicted molar refractivity (Wildman–Crippen MR) is 68.6 cm³/mol. The van der Waals surface area contributed by atoms with Crippen molar-refractivity contribution in [3.05, 3.63) is 29.8 Å². The van der Waals surface area contributed by atoms with Crippen LogP contribution in [0.5, 0.6) is 0 Å². The molecule has 3 rings (SSSR count). The van der Waals surface area contributed by atoms with E-state index in [2.05, 4.69) is 10.1 Å². The zero-order chi connectivity index (χ0) is 12.5. The third-order valence-corrected chi connectivity index (χ3v) is 3.77. The number of carbonyl (C=O) groups excluding carboxylic acids is 1. The Morgan fingerprint density at radius 1 is 1.33 bits per heavy atom. The fourth-order valence-corrected chi connectivity index (χ4v) is 2.74. The van der Waals surface area contributed by atoms with Crippen LogP contribution < -0.4 is 0 Å². The lowest BCUT2D eigenvalue weighted by Crippen LogP contribution is -2.21. The molecule has 0 saturated heterocycles. The van der Waals surface area contributed by atoms with Gasteiger partial charge in [-0.25, -0.2) is 9.50 Å². The number of hydrogen-bond acceptors (Lipinski definition) is 3. The van der Waals surface area contributed by atoms with Gasteiger partial charge in [0.15, 0.2) is 0 Å². The monoisotopic (exact) mass is 243 g/mol. The van der Waals surface area contributed by atoms with Gasteiger partial charge in [-0.1, -0.05) is 19.3 Å². The molecule has 4 nitrogen and oxygen atoms in total. The van der Waals surface area contributed by atoms with Crippen LogP contribution in [-0.2, 0) is 0 Å². The van der Waals surface area contributed by atoms with E-state index in [1.165, 1.54) is 6.42 Å². The maximum Gasteiger partial charge on any atom is 0.216 e. The van der Waals surface area contributed by atoms with Crippen LogP contribution in [0, 0.1) is 12.8 Å². The zero-order valence-electron chi connectivity index (χ0n) is 10.6. The molecule has 0 aliphatic heterocycles. The average molecular weight is 243 g/mol. The van der Waals surface area contributed by atoms with Crippen LogP contribution in [0.1, 0.15) is 48.4 Å². The second kappa shape index (κ2) is 4.52. The molecule has 0 bridgehead atoms. The molecule has 0 N–H and O–H groups in total. The molecule has 0 spiro atoms. The molecule has 2 aromatic heterocycles. The van der Waals surface area contributed by atoms with Gasteiger partial charge in [0.2, 0.25) is 11.6 Å². The van der Waals surface area contributed by atoms with Gasteiger partial charge in [0, 0.05) is 12.1 Å². The van der Waals surface area contributed by atoms with Gasteiger partial charge in [-0.3, -0.25) is 4.79 Å². The van der Waals surface area contributed by atoms with E-state index in [1.807, 2.05) is 25.3 Å². The fraction of sp³-hybridized carbons (Fsp3) is 0.500. The topological polar surface area (TPSA) is 47.3 Å². The number of Topliss-reactive ketones (excluding diaryl/α,β-unsaturated/α-hetero) is 1. The molecule has 4 heteroatoms. The van der Waals surface area contributed by atoms with Gasteiger partial charge < -0.3 is 0 Å². The Hall–Kier alpha value is -1.71. The van der Waals surface area contributed by atoms with Crippen molar-refractivity contribution >= 4 is 11.3 Å². The van der Waals surface area contributed by atoms with Crippen molar-refractivity contribution in [2.24, 2.45) is 5.92 Å². The Morgan fingerprint density at radius 3 is 2.89 bits per heavy atom. The summed E-state index contributed by atoms with van der Waals surface area (Å²) in [7, 11) is 0. The van der Waals surface area contributed by atoms with Crippen molar-refractivity contribution in [2.45, 2.75) is 39.0 Å². The molecule has 0 unspecified atom stereocenters. The Balaban J connectivity index is 1.95. The number of fused-ring (bicyclic) bond motifs is 1. The Kier molecular flexibility index (Phi) is 2.86. The van der Waals surface area contributed by atoms with E-state index in [4.69, 9.17) is 0 Å². The number of aryl methyl sites for hydroxylation is 1. The molecule has 2 heterocycles. The van der Waals surface area contributed by atoms with Crippen LogP contribution in [0.25, 0.3) is 5.52 Å². The number of rotatable bonds is 2. The minimum Gasteiger partial charge on any atom is -0.290 e. The third kappa shape index (κ3) is 1.92. The number of hydrogen-bond donors (Lipinski definition) is 0. The smallest absolute Gasteiger partial charge is 0.216 e. The van der Waals surface area contributed by atoms with Crippen LogP contribution in [0.4, 0.5) is 0 Å². The molecule has 0 aromatic carbocycles. The van der Waals surface area contributed by atoms with Crippen LogP contribution in [0.15, 0.2) is 18.3 Å². The summed E-state index contributed by atoms with van der Waals surface area (Å²) in [5, 5.41) is 4.33. The van der Waals surface area contributed by atoms with Gasteiger partial charge in [0.1, 0.15) is 0 Å². The lowest BCUT2D eigenvalue weighted by atomic mass is 9.86. The second-order valence-electron chi connectivity index (χ2n) is 5.06. The molecule has 1 saturated carbocycles. The third-order valence-electron chi connectivity index (χ3n) is 3.77. The number of carbonyl (C=O) groups is 1. The molecular weight excluding hydrogens is 226 g/mol. The van der Waals surface area contributed by atoms with Gasteiger partial charge in [0.05, 0.1) is 11.2 Å². The lowest BCUT2D eigenvalue weighted by molar-refractivity contribution is 0.0876. The summed E-state index contributed by atoms with van der Waals surface area (Å²) in [5.74, 6) is 0.627. The van der Waals surface area contributed by atoms with Crippen molar-refractivity contribution in [3.8, 4) is 0 Å². The zero-order valence-corrected chi connectivity index (χ0v) is 10.6. The maximum absolute atomic E-state index is 12.4. The predicted octanol–water partition coefficient (Wildman–Crippen LogP) is 2.80. The van der Waals surface area contributed by atoms with Crippen molar-refractivity contribution in [2.75, 3.05) is 0 Å². The first kappa shape index (κ1) is 11.4. The summed E-state index contributed by atoms with van der Waals surface area (Å²) < 4.78 is 1.75. The summed E-state index contributed by atoms with van der Waals surface area (Å²) in [5.41, 5.74) is 1.84. The van der Waals surface area contributed by atoms with E-state index >= 15 is 0 Å². The molecule has 18 heavy (non-hydrogen) atoms. The van der Waals surface area contributed by atoms with E-state index in [0.29, 0.717) is 5.82 Å². The van der Waals surface area contributed by atoms with Crippen LogP contribution in [-0.4, -0.2) is 20.4 Å². The molecule has 1 fully saturated rings. The first-order valence-corrected chi connectivity index (χ1v) is 6.62. The van der Waals surface area contributed by atoms with E-state index in [9.17, 15) is 4.79 Å². The highest BCUT2D eigenvalue weighted by Gasteiger charge is 2.25. The number of ketones is 1. The summed E-state index contributed by atoms with van der Waals surface area (Å²) in [6, 6.07) is 3.88. The highest BCUT2D eigenvalue weighted by atomic mass is 16.1. The van der Waals surface area contributed by atoms with E-state index < -0.39 is 0 Å². The summed E-state index contributed by atoms with van der Waals surface area (Å²) >= 11 is 0. The standard InChI is InChI=1S/C14H17N3O/c1-10-12-8-5-9-17(12)16-14(15-10)13(18)11-6-3-2-4-7-11/h5,8-9,11H,2-4,6-7H2,1H3. The van der Waals surface area contributed by atoms with Crippen molar-refractivity contribution in [1.82, 2.24) is 14.6 Å². The quantitative estimate of drug-likeness (QED) is 0.762. The first-order chi connectivity index (χ1) is 8.75. The number of aromatic nitrogens is 3. The molecule has 2 aromatic rings. The normalized spacial score (nSPS) is 17.2. The highest BCUT2D eigenvalue weighted by molar-refractivity contribution is 5.94. The fourth-order valence-electron chi connectivity index (χ4n) is 2.74. The molecular formula is C14H17N3O. The second-order valence-corrected chi connectivity index (χ2v) is 5.06. The van der Waals surface area contributed by atoms with Gasteiger partial charge >= 0.3 is 0 Å².